The quantitative estimate of drug-likeness (QED) is 0.405. The van der Waals surface area contributed by atoms with E-state index >= 15 is 0 Å². The zero-order valence-electron chi connectivity index (χ0n) is 5.56. The third-order valence-electron chi connectivity index (χ3n) is 1.13. The molecule has 0 heterocycles. The topological polar surface area (TPSA) is 104 Å². The molecule has 1 amide bonds. The van der Waals surface area contributed by atoms with Crippen LogP contribution in [0.4, 0.5) is 0 Å². The van der Waals surface area contributed by atoms with E-state index in [9.17, 15) is 4.79 Å². The minimum absolute atomic E-state index is 0.132. The normalized spacial score (nSPS) is 14.8. The molecule has 0 radical (unpaired) electrons. The molecule has 0 aliphatic rings. The fourth-order valence-electron chi connectivity index (χ4n) is 0.617. The first-order valence-corrected chi connectivity index (χ1v) is 4.47. The summed E-state index contributed by atoms with van der Waals surface area (Å²) in [6.45, 7) is 1.53. The number of amides is 1. The highest BCUT2D eigenvalue weighted by Gasteiger charge is 2.45. The van der Waals surface area contributed by atoms with Gasteiger partial charge in [0, 0.05) is 0 Å². The van der Waals surface area contributed by atoms with Gasteiger partial charge in [-0.25, -0.2) is 0 Å². The first kappa shape index (κ1) is 9.78. The van der Waals surface area contributed by atoms with Crippen LogP contribution in [0.2, 0.25) is 0 Å². The molecule has 1 atom stereocenters. The second-order valence-electron chi connectivity index (χ2n) is 1.94. The van der Waals surface area contributed by atoms with Gasteiger partial charge in [0.2, 0.25) is 5.66 Å². The Kier molecular flexibility index (Phi) is 3.18. The summed E-state index contributed by atoms with van der Waals surface area (Å²) in [6.07, 6.45) is 0.132. The Morgan fingerprint density at radius 1 is 1.60 bits per heavy atom. The Balaban J connectivity index is 4.22. The van der Waals surface area contributed by atoms with Crippen molar-refractivity contribution < 1.29 is 19.5 Å². The maximum Gasteiger partial charge on any atom is 0.416 e. The summed E-state index contributed by atoms with van der Waals surface area (Å²) in [5.41, 5.74) is 3.53. The average Bonchev–Trinajstić information content (AvgIpc) is 1.60. The standard InChI is InChI=1S/C4H10NO4P/c1-2-3(4(5)6)10(7,8)9/h3,7-9H,2H2,1H3,(H-,5,6)/p+1. The van der Waals surface area contributed by atoms with Gasteiger partial charge in [-0.2, -0.15) is 14.7 Å². The Morgan fingerprint density at radius 2 is 2.00 bits per heavy atom. The third kappa shape index (κ3) is 2.58. The number of carbonyl (C=O) groups is 1. The fraction of sp³-hybridized carbons (Fsp3) is 0.750. The predicted octanol–water partition coefficient (Wildman–Crippen LogP) is -1.01. The number of rotatable bonds is 3. The molecule has 0 saturated carbocycles. The number of nitrogens with two attached hydrogens (primary N) is 1. The molecule has 0 fully saturated rings. The predicted molar refractivity (Wildman–Crippen MR) is 36.8 cm³/mol. The lowest BCUT2D eigenvalue weighted by atomic mass is 10.3. The van der Waals surface area contributed by atoms with Gasteiger partial charge < -0.3 is 5.73 Å². The van der Waals surface area contributed by atoms with E-state index in [2.05, 4.69) is 0 Å². The minimum Gasteiger partial charge on any atom is -0.366 e. The van der Waals surface area contributed by atoms with Crippen molar-refractivity contribution in [1.29, 1.82) is 0 Å². The molecule has 0 rings (SSSR count). The van der Waals surface area contributed by atoms with Crippen LogP contribution in [0.1, 0.15) is 13.3 Å². The molecule has 0 aliphatic heterocycles. The highest BCUT2D eigenvalue weighted by atomic mass is 31.2. The molecule has 6 heteroatoms. The maximum absolute atomic E-state index is 10.3. The van der Waals surface area contributed by atoms with Gasteiger partial charge in [0.15, 0.2) is 0 Å². The summed E-state index contributed by atoms with van der Waals surface area (Å²) < 4.78 is 0. The Morgan fingerprint density at radius 3 is 2.00 bits per heavy atom. The lowest BCUT2D eigenvalue weighted by Crippen LogP contribution is -2.30. The molecule has 0 bridgehead atoms. The van der Waals surface area contributed by atoms with E-state index in [-0.39, 0.29) is 6.42 Å². The molecule has 5 N–H and O–H groups in total. The summed E-state index contributed by atoms with van der Waals surface area (Å²) in [5, 5.41) is 0. The van der Waals surface area contributed by atoms with Crippen LogP contribution in [0, 0.1) is 0 Å². The van der Waals surface area contributed by atoms with E-state index in [1.54, 1.807) is 0 Å². The second kappa shape index (κ2) is 3.25. The largest absolute Gasteiger partial charge is 0.416 e. The molecule has 5 nitrogen and oxygen atoms in total. The highest BCUT2D eigenvalue weighted by Crippen LogP contribution is 2.51. The monoisotopic (exact) mass is 168 g/mol. The van der Waals surface area contributed by atoms with Crippen molar-refractivity contribution in [2.45, 2.75) is 19.0 Å². The average molecular weight is 168 g/mol. The number of carbonyl (C=O) groups excluding carboxylic acids is 1. The molecule has 0 aromatic rings. The van der Waals surface area contributed by atoms with E-state index in [0.717, 1.165) is 0 Å². The van der Waals surface area contributed by atoms with E-state index in [4.69, 9.17) is 20.4 Å². The zero-order valence-corrected chi connectivity index (χ0v) is 6.45. The number of hydrogen-bond acceptors (Lipinski definition) is 4. The van der Waals surface area contributed by atoms with Gasteiger partial charge >= 0.3 is 7.94 Å². The summed E-state index contributed by atoms with van der Waals surface area (Å²) in [5.74, 6) is -0.886. The summed E-state index contributed by atoms with van der Waals surface area (Å²) >= 11 is 0. The summed E-state index contributed by atoms with van der Waals surface area (Å²) in [4.78, 5) is 36.1. The van der Waals surface area contributed by atoms with E-state index in [1.165, 1.54) is 6.92 Å². The van der Waals surface area contributed by atoms with Crippen LogP contribution in [0.15, 0.2) is 0 Å². The van der Waals surface area contributed by atoms with Gasteiger partial charge in [-0.1, -0.05) is 6.92 Å². The van der Waals surface area contributed by atoms with Crippen LogP contribution in [0.5, 0.6) is 0 Å². The van der Waals surface area contributed by atoms with Crippen molar-refractivity contribution >= 4 is 13.9 Å². The van der Waals surface area contributed by atoms with Gasteiger partial charge in [-0.3, -0.25) is 4.79 Å². The SMILES string of the molecule is CCC(C(N)=O)[P+](O)(O)O. The van der Waals surface area contributed by atoms with Crippen LogP contribution in [0.3, 0.4) is 0 Å². The maximum atomic E-state index is 10.3. The number of primary amides is 1. The Bertz CT molecular complexity index is 132. The van der Waals surface area contributed by atoms with E-state index in [0.29, 0.717) is 0 Å². The van der Waals surface area contributed by atoms with Crippen LogP contribution < -0.4 is 5.73 Å². The van der Waals surface area contributed by atoms with Crippen LogP contribution in [-0.2, 0) is 4.79 Å². The van der Waals surface area contributed by atoms with E-state index < -0.39 is 19.5 Å². The third-order valence-corrected chi connectivity index (χ3v) is 2.59. The molecule has 0 saturated heterocycles. The van der Waals surface area contributed by atoms with Crippen molar-refractivity contribution in [3.63, 3.8) is 0 Å². The number of hydrogen-bond donors (Lipinski definition) is 4. The minimum atomic E-state index is -4.06. The molecule has 0 aromatic carbocycles. The molecule has 0 aromatic heterocycles. The first-order chi connectivity index (χ1) is 4.39. The summed E-state index contributed by atoms with van der Waals surface area (Å²) in [7, 11) is -4.06. The van der Waals surface area contributed by atoms with Crippen molar-refractivity contribution in [3.8, 4) is 0 Å². The van der Waals surface area contributed by atoms with Crippen molar-refractivity contribution in [2.24, 2.45) is 5.73 Å². The molecule has 0 spiro atoms. The molecular formula is C4H11NO4P+. The van der Waals surface area contributed by atoms with Crippen molar-refractivity contribution in [1.82, 2.24) is 0 Å². The molecule has 1 unspecified atom stereocenters. The van der Waals surface area contributed by atoms with Crippen molar-refractivity contribution in [3.05, 3.63) is 0 Å². The fourth-order valence-corrected chi connectivity index (χ4v) is 1.45. The molecule has 0 aliphatic carbocycles. The first-order valence-electron chi connectivity index (χ1n) is 2.76. The van der Waals surface area contributed by atoms with Gasteiger partial charge in [0.25, 0.3) is 5.91 Å². The van der Waals surface area contributed by atoms with Gasteiger partial charge in [-0.05, 0) is 6.42 Å². The zero-order chi connectivity index (χ0) is 8.36. The smallest absolute Gasteiger partial charge is 0.366 e. The lowest BCUT2D eigenvalue weighted by Gasteiger charge is -2.10. The van der Waals surface area contributed by atoms with Gasteiger partial charge in [0.05, 0.1) is 0 Å². The second-order valence-corrected chi connectivity index (χ2v) is 3.79. The van der Waals surface area contributed by atoms with E-state index in [1.807, 2.05) is 0 Å². The van der Waals surface area contributed by atoms with Crippen molar-refractivity contribution in [2.75, 3.05) is 0 Å². The van der Waals surface area contributed by atoms with Crippen LogP contribution in [0.25, 0.3) is 0 Å². The van der Waals surface area contributed by atoms with Crippen LogP contribution in [-0.4, -0.2) is 26.2 Å². The summed E-state index contributed by atoms with van der Waals surface area (Å²) in [6, 6.07) is 0. The highest BCUT2D eigenvalue weighted by molar-refractivity contribution is 7.60. The van der Waals surface area contributed by atoms with Crippen LogP contribution >= 0.6 is 7.94 Å². The molecular weight excluding hydrogens is 157 g/mol. The Labute approximate surface area is 59.1 Å². The Hall–Kier alpha value is -0.220. The molecule has 60 valence electrons. The lowest BCUT2D eigenvalue weighted by molar-refractivity contribution is -0.118. The van der Waals surface area contributed by atoms with Gasteiger partial charge in [-0.15, -0.1) is 0 Å². The molecule has 10 heavy (non-hydrogen) atoms. The van der Waals surface area contributed by atoms with Gasteiger partial charge in [0.1, 0.15) is 0 Å².